The van der Waals surface area contributed by atoms with Gasteiger partial charge < -0.3 is 25.4 Å². The zero-order chi connectivity index (χ0) is 29.0. The number of rotatable bonds is 7. The molecule has 3 fully saturated rings. The lowest BCUT2D eigenvalue weighted by Crippen LogP contribution is -2.53. The number of nitrogens with zero attached hydrogens (tertiary/aromatic N) is 1. The Balaban J connectivity index is 1.07. The van der Waals surface area contributed by atoms with Crippen molar-refractivity contribution in [2.45, 2.75) is 77.4 Å². The minimum Gasteiger partial charge on any atom is -0.480 e. The third-order valence-corrected chi connectivity index (χ3v) is 11.2. The zero-order valence-electron chi connectivity index (χ0n) is 24.2. The second-order valence-corrected chi connectivity index (χ2v) is 13.3. The molecule has 4 aliphatic rings. The van der Waals surface area contributed by atoms with Gasteiger partial charge in [-0.1, -0.05) is 48.9 Å². The van der Waals surface area contributed by atoms with Gasteiger partial charge in [0.05, 0.1) is 5.60 Å². The van der Waals surface area contributed by atoms with E-state index in [0.717, 1.165) is 55.0 Å². The quantitative estimate of drug-likeness (QED) is 0.350. The molecule has 0 saturated heterocycles. The fourth-order valence-electron chi connectivity index (χ4n) is 8.63. The Labute approximate surface area is 240 Å². The van der Waals surface area contributed by atoms with Gasteiger partial charge in [-0.15, -0.1) is 0 Å². The van der Waals surface area contributed by atoms with Crippen molar-refractivity contribution in [3.63, 3.8) is 0 Å². The smallest absolute Gasteiger partial charge is 0.326 e. The Morgan fingerprint density at radius 1 is 1.15 bits per heavy atom. The van der Waals surface area contributed by atoms with E-state index in [0.29, 0.717) is 23.5 Å². The van der Waals surface area contributed by atoms with Gasteiger partial charge in [0.1, 0.15) is 11.8 Å². The lowest BCUT2D eigenvalue weighted by atomic mass is 9.47. The number of carbonyl (C=O) groups is 2. The number of allylic oxidation sites excluding steroid dienone is 4. The van der Waals surface area contributed by atoms with Crippen molar-refractivity contribution in [2.75, 3.05) is 6.61 Å². The maximum atomic E-state index is 12.6. The standard InChI is InChI=1S/C33H41N3O5/c1-31-13-10-22(17-21(31)8-9-24-25(31)11-14-32(2)26(24)12-15-33(32,3)40)36-41-19-29(37)35-28(30(38)39)16-20-18-34-27-7-5-4-6-23(20)27/h4-7,10,13,17-18,24-26,28,34,40H,8-9,11-12,14-16,19H2,1-3H3,(H,35,37)(H,38,39)/t24-,25-,26-,28-,31+,32+,33+/m1/s1. The highest BCUT2D eigenvalue weighted by molar-refractivity contribution is 6.05. The predicted molar refractivity (Wildman–Crippen MR) is 157 cm³/mol. The number of aromatic amines is 1. The molecule has 8 nitrogen and oxygen atoms in total. The van der Waals surface area contributed by atoms with Crippen molar-refractivity contribution >= 4 is 28.5 Å². The Hall–Kier alpha value is -3.39. The number of carboxylic acid groups (broad SMARTS) is 1. The number of hydrogen-bond acceptors (Lipinski definition) is 5. The largest absolute Gasteiger partial charge is 0.480 e. The molecule has 0 aliphatic heterocycles. The van der Waals surface area contributed by atoms with Crippen molar-refractivity contribution in [1.29, 1.82) is 0 Å². The van der Waals surface area contributed by atoms with Crippen LogP contribution in [0.25, 0.3) is 10.9 Å². The van der Waals surface area contributed by atoms with E-state index >= 15 is 0 Å². The maximum Gasteiger partial charge on any atom is 0.326 e. The highest BCUT2D eigenvalue weighted by Crippen LogP contribution is 2.66. The number of hydrogen-bond donors (Lipinski definition) is 4. The van der Waals surface area contributed by atoms with Crippen LogP contribution in [0.4, 0.5) is 0 Å². The number of nitrogens with one attached hydrogen (secondary N) is 2. The summed E-state index contributed by atoms with van der Waals surface area (Å²) >= 11 is 0. The minimum atomic E-state index is -1.10. The molecule has 0 unspecified atom stereocenters. The molecule has 7 atom stereocenters. The van der Waals surface area contributed by atoms with Gasteiger partial charge in [-0.25, -0.2) is 4.79 Å². The summed E-state index contributed by atoms with van der Waals surface area (Å²) in [6.45, 7) is 6.33. The van der Waals surface area contributed by atoms with Crippen LogP contribution in [0, 0.1) is 28.6 Å². The molecular formula is C33H41N3O5. The first kappa shape index (κ1) is 27.8. The minimum absolute atomic E-state index is 0.000224. The molecule has 4 aliphatic carbocycles. The first-order chi connectivity index (χ1) is 19.5. The number of carbonyl (C=O) groups excluding carboxylic acids is 1. The van der Waals surface area contributed by atoms with E-state index in [2.05, 4.69) is 41.5 Å². The van der Waals surface area contributed by atoms with E-state index in [9.17, 15) is 19.8 Å². The molecule has 1 heterocycles. The molecule has 6 rings (SSSR count). The summed E-state index contributed by atoms with van der Waals surface area (Å²) in [6, 6.07) is 6.58. The number of aromatic nitrogens is 1. The Kier molecular flexibility index (Phi) is 6.88. The Morgan fingerprint density at radius 2 is 1.93 bits per heavy atom. The number of H-pyrrole nitrogens is 1. The van der Waals surface area contributed by atoms with E-state index in [-0.39, 0.29) is 23.9 Å². The molecule has 1 aromatic heterocycles. The molecule has 2 aromatic rings. The average molecular weight is 560 g/mol. The van der Waals surface area contributed by atoms with Gasteiger partial charge in [0.25, 0.3) is 5.91 Å². The first-order valence-corrected chi connectivity index (χ1v) is 14.9. The summed E-state index contributed by atoms with van der Waals surface area (Å²) in [4.78, 5) is 33.0. The fraction of sp³-hybridized carbons (Fsp3) is 0.545. The number of aliphatic carboxylic acids is 1. The van der Waals surface area contributed by atoms with Crippen molar-refractivity contribution in [2.24, 2.45) is 33.7 Å². The molecule has 0 spiro atoms. The van der Waals surface area contributed by atoms with Gasteiger partial charge in [-0.05, 0) is 92.4 Å². The van der Waals surface area contributed by atoms with Gasteiger partial charge in [0.15, 0.2) is 6.61 Å². The van der Waals surface area contributed by atoms with E-state index in [1.54, 1.807) is 6.20 Å². The van der Waals surface area contributed by atoms with Gasteiger partial charge in [-0.3, -0.25) is 4.79 Å². The summed E-state index contributed by atoms with van der Waals surface area (Å²) in [5.41, 5.74) is 3.16. The van der Waals surface area contributed by atoms with E-state index in [4.69, 9.17) is 4.84 Å². The predicted octanol–water partition coefficient (Wildman–Crippen LogP) is 5.14. The SMILES string of the molecule is C[C@]12C=CC(=NOCC(=O)N[C@H](Cc3c[nH]c4ccccc34)C(=O)O)C=C1CC[C@@H]1[C@H]2CC[C@@]2(C)[C@@H]1CC[C@]2(C)O. The zero-order valence-corrected chi connectivity index (χ0v) is 24.2. The van der Waals surface area contributed by atoms with Gasteiger partial charge in [-0.2, -0.15) is 0 Å². The second-order valence-electron chi connectivity index (χ2n) is 13.3. The van der Waals surface area contributed by atoms with Crippen LogP contribution >= 0.6 is 0 Å². The van der Waals surface area contributed by atoms with Crippen LogP contribution in [-0.4, -0.2) is 51.0 Å². The molecule has 41 heavy (non-hydrogen) atoms. The summed E-state index contributed by atoms with van der Waals surface area (Å²) in [5, 5.41) is 28.6. The van der Waals surface area contributed by atoms with Crippen molar-refractivity contribution in [3.05, 3.63) is 59.8 Å². The van der Waals surface area contributed by atoms with Crippen molar-refractivity contribution in [1.82, 2.24) is 10.3 Å². The molecule has 1 amide bonds. The Bertz CT molecular complexity index is 1450. The first-order valence-electron chi connectivity index (χ1n) is 14.9. The van der Waals surface area contributed by atoms with Crippen LogP contribution in [-0.2, 0) is 20.8 Å². The summed E-state index contributed by atoms with van der Waals surface area (Å²) < 4.78 is 0. The second kappa shape index (κ2) is 10.2. The number of oxime groups is 1. The van der Waals surface area contributed by atoms with Crippen LogP contribution in [0.15, 0.2) is 59.4 Å². The van der Waals surface area contributed by atoms with Gasteiger partial charge >= 0.3 is 5.97 Å². The van der Waals surface area contributed by atoms with Crippen LogP contribution < -0.4 is 5.32 Å². The third kappa shape index (κ3) is 4.70. The maximum absolute atomic E-state index is 12.6. The molecule has 3 saturated carbocycles. The third-order valence-electron chi connectivity index (χ3n) is 11.2. The highest BCUT2D eigenvalue weighted by Gasteiger charge is 2.62. The number of fused-ring (bicyclic) bond motifs is 6. The van der Waals surface area contributed by atoms with Crippen LogP contribution in [0.1, 0.15) is 64.9 Å². The Morgan fingerprint density at radius 3 is 2.73 bits per heavy atom. The molecule has 4 N–H and O–H groups in total. The van der Waals surface area contributed by atoms with E-state index in [1.807, 2.05) is 37.3 Å². The molecule has 1 aromatic carbocycles. The molecule has 0 bridgehead atoms. The highest BCUT2D eigenvalue weighted by atomic mass is 16.6. The number of benzene rings is 1. The number of carboxylic acids is 1. The molecule has 218 valence electrons. The van der Waals surface area contributed by atoms with Crippen LogP contribution in [0.2, 0.25) is 0 Å². The monoisotopic (exact) mass is 559 g/mol. The molecule has 8 heteroatoms. The fourth-order valence-corrected chi connectivity index (χ4v) is 8.63. The summed E-state index contributed by atoms with van der Waals surface area (Å²) in [5.74, 6) is 0.0834. The lowest BCUT2D eigenvalue weighted by molar-refractivity contribution is -0.142. The number of aliphatic hydroxyl groups is 1. The topological polar surface area (TPSA) is 124 Å². The number of amides is 1. The normalized spacial score (nSPS) is 35.8. The van der Waals surface area contributed by atoms with E-state index in [1.165, 1.54) is 5.57 Å². The number of para-hydroxylation sites is 1. The van der Waals surface area contributed by atoms with Gasteiger partial charge in [0, 0.05) is 28.9 Å². The van der Waals surface area contributed by atoms with Crippen LogP contribution in [0.5, 0.6) is 0 Å². The van der Waals surface area contributed by atoms with Gasteiger partial charge in [0.2, 0.25) is 0 Å². The average Bonchev–Trinajstić information content (AvgIpc) is 3.45. The lowest BCUT2D eigenvalue weighted by Gasteiger charge is -2.58. The molecular weight excluding hydrogens is 518 g/mol. The van der Waals surface area contributed by atoms with Crippen molar-refractivity contribution in [3.8, 4) is 0 Å². The summed E-state index contributed by atoms with van der Waals surface area (Å²) in [6.07, 6.45) is 14.6. The molecule has 0 radical (unpaired) electrons. The van der Waals surface area contributed by atoms with Crippen LogP contribution in [0.3, 0.4) is 0 Å². The van der Waals surface area contributed by atoms with E-state index < -0.39 is 23.5 Å². The summed E-state index contributed by atoms with van der Waals surface area (Å²) in [7, 11) is 0. The van der Waals surface area contributed by atoms with Crippen molar-refractivity contribution < 1.29 is 24.6 Å².